The number of rotatable bonds is 5. The van der Waals surface area contributed by atoms with Gasteiger partial charge < -0.3 is 10.1 Å². The summed E-state index contributed by atoms with van der Waals surface area (Å²) < 4.78 is 5.09. The predicted molar refractivity (Wildman–Crippen MR) is 105 cm³/mol. The second kappa shape index (κ2) is 7.80. The maximum Gasteiger partial charge on any atom is 0.358 e. The molecule has 0 bridgehead atoms. The smallest absolute Gasteiger partial charge is 0.358 e. The normalized spacial score (nSPS) is 10.6. The Morgan fingerprint density at radius 2 is 1.88 bits per heavy atom. The molecule has 0 fully saturated rings. The number of nitrogens with zero attached hydrogens (tertiary/aromatic N) is 1. The van der Waals surface area contributed by atoms with Crippen molar-refractivity contribution < 1.29 is 14.3 Å². The van der Waals surface area contributed by atoms with Crippen molar-refractivity contribution in [2.24, 2.45) is 0 Å². The van der Waals surface area contributed by atoms with Crippen molar-refractivity contribution in [3.05, 3.63) is 56.7 Å². The van der Waals surface area contributed by atoms with E-state index in [2.05, 4.69) is 10.3 Å². The summed E-state index contributed by atoms with van der Waals surface area (Å²) in [5.74, 6) is -0.975. The molecule has 0 atom stereocenters. The van der Waals surface area contributed by atoms with Crippen LogP contribution in [-0.4, -0.2) is 23.5 Å². The monoisotopic (exact) mass is 386 g/mol. The zero-order chi connectivity index (χ0) is 18.7. The van der Waals surface area contributed by atoms with E-state index in [4.69, 9.17) is 4.74 Å². The van der Waals surface area contributed by atoms with Crippen LogP contribution in [0, 0.1) is 20.8 Å². The van der Waals surface area contributed by atoms with Gasteiger partial charge in [-0.05, 0) is 43.3 Å². The van der Waals surface area contributed by atoms with Crippen LogP contribution in [-0.2, 0) is 9.53 Å². The lowest BCUT2D eigenvalue weighted by Gasteiger charge is -2.12. The lowest BCUT2D eigenvalue weighted by Crippen LogP contribution is -2.22. The Morgan fingerprint density at radius 3 is 2.54 bits per heavy atom. The fraction of sp³-hybridized carbons (Fsp3) is 0.211. The van der Waals surface area contributed by atoms with E-state index in [1.807, 2.05) is 49.7 Å². The van der Waals surface area contributed by atoms with Crippen LogP contribution in [0.1, 0.15) is 27.2 Å². The summed E-state index contributed by atoms with van der Waals surface area (Å²) in [6.45, 7) is 5.52. The number of thiazole rings is 1. The molecule has 3 aromatic rings. The molecular formula is C19H18N2O3S2. The maximum absolute atomic E-state index is 12.1. The van der Waals surface area contributed by atoms with Gasteiger partial charge in [-0.25, -0.2) is 9.78 Å². The van der Waals surface area contributed by atoms with Crippen molar-refractivity contribution in [2.45, 2.75) is 20.8 Å². The first-order valence-electron chi connectivity index (χ1n) is 7.97. The third-order valence-corrected chi connectivity index (χ3v) is 5.33. The summed E-state index contributed by atoms with van der Waals surface area (Å²) in [6, 6.07) is 5.93. The highest BCUT2D eigenvalue weighted by atomic mass is 32.1. The first-order valence-corrected chi connectivity index (χ1v) is 9.79. The van der Waals surface area contributed by atoms with Crippen molar-refractivity contribution in [1.29, 1.82) is 0 Å². The number of anilines is 1. The summed E-state index contributed by atoms with van der Waals surface area (Å²) in [4.78, 5) is 28.5. The van der Waals surface area contributed by atoms with Crippen LogP contribution in [0.2, 0.25) is 0 Å². The first kappa shape index (κ1) is 18.3. The Bertz CT molecular complexity index is 923. The fourth-order valence-electron chi connectivity index (χ4n) is 2.64. The third kappa shape index (κ3) is 4.17. The lowest BCUT2D eigenvalue weighted by molar-refractivity contribution is -0.119. The number of carbonyl (C=O) groups is 2. The molecule has 1 aromatic carbocycles. The molecule has 0 unspecified atom stereocenters. The van der Waals surface area contributed by atoms with Crippen LogP contribution in [0.3, 0.4) is 0 Å². The molecule has 26 heavy (non-hydrogen) atoms. The highest BCUT2D eigenvalue weighted by Crippen LogP contribution is 2.26. The van der Waals surface area contributed by atoms with E-state index in [1.54, 1.807) is 16.7 Å². The highest BCUT2D eigenvalue weighted by molar-refractivity contribution is 7.14. The van der Waals surface area contributed by atoms with Gasteiger partial charge in [-0.2, -0.15) is 11.3 Å². The minimum absolute atomic E-state index is 0.215. The minimum Gasteiger partial charge on any atom is -0.451 e. The zero-order valence-electron chi connectivity index (χ0n) is 14.7. The summed E-state index contributed by atoms with van der Waals surface area (Å²) in [7, 11) is 0. The van der Waals surface area contributed by atoms with Crippen molar-refractivity contribution in [3.8, 4) is 10.6 Å². The Balaban J connectivity index is 1.59. The van der Waals surface area contributed by atoms with Crippen LogP contribution in [0.15, 0.2) is 34.3 Å². The van der Waals surface area contributed by atoms with Crippen molar-refractivity contribution in [3.63, 3.8) is 0 Å². The van der Waals surface area contributed by atoms with E-state index in [-0.39, 0.29) is 18.2 Å². The number of benzene rings is 1. The van der Waals surface area contributed by atoms with Crippen LogP contribution in [0.4, 0.5) is 5.69 Å². The SMILES string of the molecule is Cc1cc(C)c(NC(=O)COC(=O)c2csc(-c3ccsc3)n2)c(C)c1. The average Bonchev–Trinajstić information content (AvgIpc) is 3.26. The lowest BCUT2D eigenvalue weighted by atomic mass is 10.1. The molecule has 1 amide bonds. The number of hydrogen-bond donors (Lipinski definition) is 1. The molecular weight excluding hydrogens is 368 g/mol. The molecule has 3 rings (SSSR count). The largest absolute Gasteiger partial charge is 0.451 e. The standard InChI is InChI=1S/C19H18N2O3S2/c1-11-6-12(2)17(13(3)7-11)21-16(22)8-24-19(23)15-10-26-18(20-15)14-4-5-25-9-14/h4-7,9-10H,8H2,1-3H3,(H,21,22). The topological polar surface area (TPSA) is 68.3 Å². The van der Waals surface area contributed by atoms with Gasteiger partial charge in [-0.1, -0.05) is 17.7 Å². The molecule has 0 saturated carbocycles. The zero-order valence-corrected chi connectivity index (χ0v) is 16.3. The molecule has 5 nitrogen and oxygen atoms in total. The van der Waals surface area contributed by atoms with Gasteiger partial charge in [-0.3, -0.25) is 4.79 Å². The van der Waals surface area contributed by atoms with E-state index in [0.717, 1.165) is 32.9 Å². The maximum atomic E-state index is 12.1. The number of esters is 1. The Kier molecular flexibility index (Phi) is 5.49. The summed E-state index contributed by atoms with van der Waals surface area (Å²) >= 11 is 2.94. The average molecular weight is 386 g/mol. The summed E-state index contributed by atoms with van der Waals surface area (Å²) in [6.07, 6.45) is 0. The van der Waals surface area contributed by atoms with Gasteiger partial charge in [0.25, 0.3) is 5.91 Å². The molecule has 0 radical (unpaired) electrons. The van der Waals surface area contributed by atoms with E-state index < -0.39 is 5.97 Å². The van der Waals surface area contributed by atoms with Gasteiger partial charge in [0, 0.05) is 22.0 Å². The molecule has 0 saturated heterocycles. The first-order chi connectivity index (χ1) is 12.4. The molecule has 2 aromatic heterocycles. The van der Waals surface area contributed by atoms with Crippen molar-refractivity contribution in [2.75, 3.05) is 11.9 Å². The van der Waals surface area contributed by atoms with Gasteiger partial charge >= 0.3 is 5.97 Å². The van der Waals surface area contributed by atoms with Gasteiger partial charge in [0.15, 0.2) is 12.3 Å². The molecule has 134 valence electrons. The number of nitrogens with one attached hydrogen (secondary N) is 1. The van der Waals surface area contributed by atoms with Gasteiger partial charge in [0.05, 0.1) is 0 Å². The Morgan fingerprint density at radius 1 is 1.15 bits per heavy atom. The number of carbonyl (C=O) groups excluding carboxylic acids is 2. The molecule has 0 aliphatic carbocycles. The molecule has 2 heterocycles. The van der Waals surface area contributed by atoms with Gasteiger partial charge in [0.2, 0.25) is 0 Å². The molecule has 0 aliphatic heterocycles. The van der Waals surface area contributed by atoms with Crippen molar-refractivity contribution in [1.82, 2.24) is 4.98 Å². The minimum atomic E-state index is -0.602. The summed E-state index contributed by atoms with van der Waals surface area (Å²) in [5.41, 5.74) is 5.03. The van der Waals surface area contributed by atoms with Crippen LogP contribution in [0.5, 0.6) is 0 Å². The number of aryl methyl sites for hydroxylation is 3. The molecule has 0 aliphatic rings. The van der Waals surface area contributed by atoms with E-state index in [1.165, 1.54) is 11.3 Å². The van der Waals surface area contributed by atoms with Crippen LogP contribution in [0.25, 0.3) is 10.6 Å². The van der Waals surface area contributed by atoms with Crippen LogP contribution < -0.4 is 5.32 Å². The number of ether oxygens (including phenoxy) is 1. The number of aromatic nitrogens is 1. The van der Waals surface area contributed by atoms with E-state index in [9.17, 15) is 9.59 Å². The second-order valence-corrected chi connectivity index (χ2v) is 7.59. The van der Waals surface area contributed by atoms with Gasteiger partial charge in [-0.15, -0.1) is 11.3 Å². The summed E-state index contributed by atoms with van der Waals surface area (Å²) in [5, 5.41) is 9.12. The van der Waals surface area contributed by atoms with Gasteiger partial charge in [0.1, 0.15) is 5.01 Å². The molecule has 1 N–H and O–H groups in total. The third-order valence-electron chi connectivity index (χ3n) is 3.76. The number of hydrogen-bond acceptors (Lipinski definition) is 6. The van der Waals surface area contributed by atoms with E-state index in [0.29, 0.717) is 0 Å². The molecule has 0 spiro atoms. The Hall–Kier alpha value is -2.51. The fourth-order valence-corrected chi connectivity index (χ4v) is 4.15. The number of thiophene rings is 1. The number of amides is 1. The second-order valence-electron chi connectivity index (χ2n) is 5.95. The quantitative estimate of drug-likeness (QED) is 0.651. The molecule has 7 heteroatoms. The van der Waals surface area contributed by atoms with E-state index >= 15 is 0 Å². The highest BCUT2D eigenvalue weighted by Gasteiger charge is 2.16. The van der Waals surface area contributed by atoms with Crippen LogP contribution >= 0.6 is 22.7 Å². The predicted octanol–water partition coefficient (Wildman–Crippen LogP) is 4.59. The van der Waals surface area contributed by atoms with Crippen molar-refractivity contribution >= 4 is 40.2 Å². The Labute approximate surface area is 159 Å².